The van der Waals surface area contributed by atoms with Crippen LogP contribution in [0.5, 0.6) is 0 Å². The Bertz CT molecular complexity index is 1220. The van der Waals surface area contributed by atoms with Crippen molar-refractivity contribution in [3.63, 3.8) is 0 Å². The molecule has 1 aromatic carbocycles. The largest absolute Gasteiger partial charge is 0.450 e. The highest BCUT2D eigenvalue weighted by molar-refractivity contribution is 6.10. The Hall–Kier alpha value is -3.80. The summed E-state index contributed by atoms with van der Waals surface area (Å²) in [5.74, 6) is 0.116. The van der Waals surface area contributed by atoms with Crippen LogP contribution in [0.25, 0.3) is 11.0 Å². The van der Waals surface area contributed by atoms with Gasteiger partial charge in [0.2, 0.25) is 5.76 Å². The number of aromatic nitrogens is 2. The first kappa shape index (κ1) is 15.5. The minimum atomic E-state index is -0.642. The van der Waals surface area contributed by atoms with Gasteiger partial charge in [-0.1, -0.05) is 24.3 Å². The van der Waals surface area contributed by atoms with E-state index in [4.69, 9.17) is 4.42 Å². The van der Waals surface area contributed by atoms with Crippen LogP contribution in [0.1, 0.15) is 27.7 Å². The van der Waals surface area contributed by atoms with Gasteiger partial charge in [0.25, 0.3) is 5.91 Å². The van der Waals surface area contributed by atoms with Crippen molar-refractivity contribution < 1.29 is 9.21 Å². The van der Waals surface area contributed by atoms with Gasteiger partial charge in [0.1, 0.15) is 11.4 Å². The maximum atomic E-state index is 13.2. The van der Waals surface area contributed by atoms with Gasteiger partial charge < -0.3 is 4.42 Å². The first-order chi connectivity index (χ1) is 13.3. The van der Waals surface area contributed by atoms with E-state index < -0.39 is 6.04 Å². The summed E-state index contributed by atoms with van der Waals surface area (Å²) in [6.07, 6.45) is 4.91. The lowest BCUT2D eigenvalue weighted by Crippen LogP contribution is -2.30. The van der Waals surface area contributed by atoms with Crippen molar-refractivity contribution in [3.05, 3.63) is 100 Å². The zero-order chi connectivity index (χ0) is 18.4. The van der Waals surface area contributed by atoms with Gasteiger partial charge >= 0.3 is 0 Å². The van der Waals surface area contributed by atoms with Gasteiger partial charge in [0, 0.05) is 18.6 Å². The molecule has 3 aromatic heterocycles. The molecule has 0 bridgehead atoms. The van der Waals surface area contributed by atoms with Gasteiger partial charge in [-0.15, -0.1) is 0 Å². The Morgan fingerprint density at radius 2 is 1.78 bits per heavy atom. The van der Waals surface area contributed by atoms with Crippen LogP contribution in [0.4, 0.5) is 5.82 Å². The molecule has 0 aliphatic carbocycles. The summed E-state index contributed by atoms with van der Waals surface area (Å²) in [4.78, 5) is 36.4. The highest BCUT2D eigenvalue weighted by atomic mass is 16.3. The molecule has 0 saturated heterocycles. The number of nitrogens with zero attached hydrogens (tertiary/aromatic N) is 3. The SMILES string of the molecule is O=C1c2oc3ccccc3c(=O)c2[C@H](c2cccnc2)N1c1ccccn1. The number of hydrogen-bond acceptors (Lipinski definition) is 5. The van der Waals surface area contributed by atoms with Crippen molar-refractivity contribution in [2.45, 2.75) is 6.04 Å². The Kier molecular flexibility index (Phi) is 3.36. The molecule has 1 atom stereocenters. The van der Waals surface area contributed by atoms with Gasteiger partial charge in [0.15, 0.2) is 5.43 Å². The third-order valence-corrected chi connectivity index (χ3v) is 4.67. The number of anilines is 1. The van der Waals surface area contributed by atoms with Crippen LogP contribution < -0.4 is 10.3 Å². The third-order valence-electron chi connectivity index (χ3n) is 4.67. The maximum Gasteiger partial charge on any atom is 0.296 e. The normalized spacial score (nSPS) is 15.9. The van der Waals surface area contributed by atoms with E-state index in [0.29, 0.717) is 22.4 Å². The van der Waals surface area contributed by atoms with Crippen LogP contribution in [-0.4, -0.2) is 15.9 Å². The summed E-state index contributed by atoms with van der Waals surface area (Å²) >= 11 is 0. The topological polar surface area (TPSA) is 76.3 Å². The Morgan fingerprint density at radius 3 is 2.56 bits per heavy atom. The average molecular weight is 355 g/mol. The van der Waals surface area contributed by atoms with Crippen molar-refractivity contribution in [2.75, 3.05) is 4.90 Å². The highest BCUT2D eigenvalue weighted by Crippen LogP contribution is 2.40. The van der Waals surface area contributed by atoms with Crippen LogP contribution in [0, 0.1) is 0 Å². The smallest absolute Gasteiger partial charge is 0.296 e. The molecule has 0 radical (unpaired) electrons. The highest BCUT2D eigenvalue weighted by Gasteiger charge is 2.44. The van der Waals surface area contributed by atoms with E-state index in [-0.39, 0.29) is 17.1 Å². The average Bonchev–Trinajstić information content (AvgIpc) is 3.02. The maximum absolute atomic E-state index is 13.2. The molecule has 1 amide bonds. The molecule has 130 valence electrons. The fraction of sp³-hybridized carbons (Fsp3) is 0.0476. The fourth-order valence-electron chi connectivity index (χ4n) is 3.51. The summed E-state index contributed by atoms with van der Waals surface area (Å²) in [7, 11) is 0. The number of amides is 1. The van der Waals surface area contributed by atoms with Gasteiger partial charge in [0.05, 0.1) is 17.0 Å². The van der Waals surface area contributed by atoms with E-state index in [1.807, 2.05) is 6.07 Å². The molecule has 4 aromatic rings. The minimum absolute atomic E-state index is 0.0539. The fourth-order valence-corrected chi connectivity index (χ4v) is 3.51. The van der Waals surface area contributed by atoms with Crippen molar-refractivity contribution in [2.24, 2.45) is 0 Å². The molecule has 0 N–H and O–H groups in total. The second-order valence-corrected chi connectivity index (χ2v) is 6.22. The van der Waals surface area contributed by atoms with Crippen LogP contribution in [-0.2, 0) is 0 Å². The van der Waals surface area contributed by atoms with Crippen molar-refractivity contribution in [1.82, 2.24) is 9.97 Å². The zero-order valence-corrected chi connectivity index (χ0v) is 14.1. The lowest BCUT2D eigenvalue weighted by Gasteiger charge is -2.23. The van der Waals surface area contributed by atoms with Gasteiger partial charge in [-0.05, 0) is 35.9 Å². The Labute approximate surface area is 153 Å². The number of rotatable bonds is 2. The number of benzene rings is 1. The van der Waals surface area contributed by atoms with Crippen LogP contribution >= 0.6 is 0 Å². The molecule has 6 nitrogen and oxygen atoms in total. The van der Waals surface area contributed by atoms with Crippen molar-refractivity contribution in [3.8, 4) is 0 Å². The van der Waals surface area contributed by atoms with Crippen LogP contribution in [0.15, 0.2) is 82.4 Å². The number of hydrogen-bond donors (Lipinski definition) is 0. The van der Waals surface area contributed by atoms with Crippen molar-refractivity contribution in [1.29, 1.82) is 0 Å². The zero-order valence-electron chi connectivity index (χ0n) is 14.1. The quantitative estimate of drug-likeness (QED) is 0.551. The Balaban J connectivity index is 1.84. The first-order valence-corrected chi connectivity index (χ1v) is 8.46. The lowest BCUT2D eigenvalue weighted by molar-refractivity contribution is 0.0970. The second-order valence-electron chi connectivity index (χ2n) is 6.22. The van der Waals surface area contributed by atoms with E-state index in [2.05, 4.69) is 9.97 Å². The van der Waals surface area contributed by atoms with E-state index in [1.54, 1.807) is 67.1 Å². The lowest BCUT2D eigenvalue weighted by atomic mass is 10.00. The molecule has 0 spiro atoms. The van der Waals surface area contributed by atoms with E-state index in [1.165, 1.54) is 4.90 Å². The molecule has 5 rings (SSSR count). The molecule has 1 aliphatic rings. The summed E-state index contributed by atoms with van der Waals surface area (Å²) in [5, 5.41) is 0.445. The predicted molar refractivity (Wildman–Crippen MR) is 99.6 cm³/mol. The summed E-state index contributed by atoms with van der Waals surface area (Å²) in [5.41, 5.74) is 1.21. The summed E-state index contributed by atoms with van der Waals surface area (Å²) in [6.45, 7) is 0. The van der Waals surface area contributed by atoms with E-state index >= 15 is 0 Å². The summed E-state index contributed by atoms with van der Waals surface area (Å²) < 4.78 is 5.86. The Morgan fingerprint density at radius 1 is 0.926 bits per heavy atom. The minimum Gasteiger partial charge on any atom is -0.450 e. The molecule has 0 unspecified atom stereocenters. The van der Waals surface area contributed by atoms with E-state index in [9.17, 15) is 9.59 Å². The van der Waals surface area contributed by atoms with Gasteiger partial charge in [-0.3, -0.25) is 19.5 Å². The molecular weight excluding hydrogens is 342 g/mol. The molecule has 4 heterocycles. The number of pyridine rings is 2. The molecule has 0 fully saturated rings. The monoisotopic (exact) mass is 355 g/mol. The predicted octanol–water partition coefficient (Wildman–Crippen LogP) is 3.33. The molecule has 6 heteroatoms. The number of carbonyl (C=O) groups is 1. The first-order valence-electron chi connectivity index (χ1n) is 8.46. The van der Waals surface area contributed by atoms with Crippen LogP contribution in [0.2, 0.25) is 0 Å². The summed E-state index contributed by atoms with van der Waals surface area (Å²) in [6, 6.07) is 15.2. The van der Waals surface area contributed by atoms with Crippen LogP contribution in [0.3, 0.4) is 0 Å². The molecule has 1 aliphatic heterocycles. The number of carbonyl (C=O) groups excluding carboxylic acids is 1. The molecular formula is C21H13N3O3. The molecule has 0 saturated carbocycles. The second kappa shape index (κ2) is 5.88. The third kappa shape index (κ3) is 2.27. The van der Waals surface area contributed by atoms with Gasteiger partial charge in [-0.2, -0.15) is 0 Å². The van der Waals surface area contributed by atoms with E-state index in [0.717, 1.165) is 5.56 Å². The van der Waals surface area contributed by atoms with Crippen molar-refractivity contribution >= 4 is 22.7 Å². The van der Waals surface area contributed by atoms with Gasteiger partial charge in [-0.25, -0.2) is 4.98 Å². The number of para-hydroxylation sites is 1. The molecule has 27 heavy (non-hydrogen) atoms. The number of fused-ring (bicyclic) bond motifs is 2. The standard InChI is InChI=1S/C21H13N3O3/c25-19-14-7-1-2-8-15(14)27-20-17(19)18(13-6-5-10-22-12-13)24(21(20)26)16-9-3-4-11-23-16/h1-12,18H/t18-/m0/s1.